The Hall–Kier alpha value is -2.35. The predicted octanol–water partition coefficient (Wildman–Crippen LogP) is 6.78. The van der Waals surface area contributed by atoms with Crippen LogP contribution in [0.3, 0.4) is 0 Å². The summed E-state index contributed by atoms with van der Waals surface area (Å²) in [6.07, 6.45) is 11.6. The molecule has 34 heavy (non-hydrogen) atoms. The molecule has 180 valence electrons. The number of halogens is 3. The SMILES string of the molecule is C[C@@H](Oc1cc(-c2cnn(C3CCOC4(CCCC4)C3)c2)cnc1N)c1c(Cl)ccc(F)c1Cl. The number of anilines is 1. The summed E-state index contributed by atoms with van der Waals surface area (Å²) >= 11 is 12.4. The fourth-order valence-corrected chi connectivity index (χ4v) is 5.83. The molecule has 0 radical (unpaired) electrons. The molecule has 1 aliphatic heterocycles. The third kappa shape index (κ3) is 4.49. The molecule has 1 unspecified atom stereocenters. The van der Waals surface area contributed by atoms with Gasteiger partial charge in [0.1, 0.15) is 11.9 Å². The van der Waals surface area contributed by atoms with Gasteiger partial charge in [-0.3, -0.25) is 4.68 Å². The van der Waals surface area contributed by atoms with E-state index < -0.39 is 11.9 Å². The summed E-state index contributed by atoms with van der Waals surface area (Å²) in [7, 11) is 0. The number of pyridine rings is 1. The summed E-state index contributed by atoms with van der Waals surface area (Å²) in [5.74, 6) is 0.0284. The summed E-state index contributed by atoms with van der Waals surface area (Å²) < 4.78 is 28.2. The summed E-state index contributed by atoms with van der Waals surface area (Å²) in [4.78, 5) is 4.30. The summed E-state index contributed by atoms with van der Waals surface area (Å²) in [5, 5.41) is 4.90. The molecule has 2 aromatic heterocycles. The van der Waals surface area contributed by atoms with E-state index in [0.717, 1.165) is 43.4 Å². The van der Waals surface area contributed by atoms with Gasteiger partial charge in [0.25, 0.3) is 0 Å². The number of nitrogens with zero attached hydrogens (tertiary/aromatic N) is 3. The maximum absolute atomic E-state index is 14.0. The number of nitrogen functional groups attached to an aromatic ring is 1. The highest BCUT2D eigenvalue weighted by Crippen LogP contribution is 2.44. The zero-order chi connectivity index (χ0) is 23.9. The fourth-order valence-electron chi connectivity index (χ4n) is 5.15. The Kier molecular flexibility index (Phi) is 6.44. The van der Waals surface area contributed by atoms with Crippen molar-refractivity contribution in [1.29, 1.82) is 0 Å². The molecule has 2 atom stereocenters. The van der Waals surface area contributed by atoms with E-state index in [4.69, 9.17) is 38.4 Å². The molecule has 2 N–H and O–H groups in total. The number of rotatable bonds is 5. The van der Waals surface area contributed by atoms with Gasteiger partial charge in [-0.2, -0.15) is 5.10 Å². The van der Waals surface area contributed by atoms with Gasteiger partial charge in [-0.15, -0.1) is 0 Å². The van der Waals surface area contributed by atoms with Crippen molar-refractivity contribution in [3.8, 4) is 16.9 Å². The highest BCUT2D eigenvalue weighted by molar-refractivity contribution is 6.36. The smallest absolute Gasteiger partial charge is 0.166 e. The van der Waals surface area contributed by atoms with Crippen molar-refractivity contribution < 1.29 is 13.9 Å². The van der Waals surface area contributed by atoms with E-state index in [2.05, 4.69) is 10.1 Å². The summed E-state index contributed by atoms with van der Waals surface area (Å²) in [5.41, 5.74) is 8.20. The first-order valence-electron chi connectivity index (χ1n) is 11.6. The third-order valence-corrected chi connectivity index (χ3v) is 7.68. The molecule has 3 aromatic rings. The third-order valence-electron chi connectivity index (χ3n) is 6.96. The Morgan fingerprint density at radius 3 is 2.82 bits per heavy atom. The van der Waals surface area contributed by atoms with Crippen LogP contribution in [0.15, 0.2) is 36.8 Å². The lowest BCUT2D eigenvalue weighted by atomic mass is 9.89. The molecule has 1 aromatic carbocycles. The van der Waals surface area contributed by atoms with Crippen LogP contribution < -0.4 is 10.5 Å². The zero-order valence-corrected chi connectivity index (χ0v) is 20.4. The maximum Gasteiger partial charge on any atom is 0.166 e. The van der Waals surface area contributed by atoms with Gasteiger partial charge >= 0.3 is 0 Å². The molecule has 6 nitrogen and oxygen atoms in total. The van der Waals surface area contributed by atoms with Crippen LogP contribution in [0.25, 0.3) is 11.1 Å². The maximum atomic E-state index is 14.0. The highest BCUT2D eigenvalue weighted by atomic mass is 35.5. The van der Waals surface area contributed by atoms with E-state index in [1.807, 2.05) is 23.1 Å². The minimum absolute atomic E-state index is 0.0222. The Morgan fingerprint density at radius 1 is 1.24 bits per heavy atom. The minimum Gasteiger partial charge on any atom is -0.482 e. The van der Waals surface area contributed by atoms with Gasteiger partial charge in [-0.05, 0) is 50.8 Å². The Bertz CT molecular complexity index is 1200. The summed E-state index contributed by atoms with van der Waals surface area (Å²) in [6, 6.07) is 4.80. The van der Waals surface area contributed by atoms with E-state index in [1.165, 1.54) is 25.0 Å². The molecule has 0 bridgehead atoms. The second-order valence-electron chi connectivity index (χ2n) is 9.22. The van der Waals surface area contributed by atoms with Gasteiger partial charge in [0.05, 0.1) is 22.9 Å². The lowest BCUT2D eigenvalue weighted by molar-refractivity contribution is -0.0909. The molecule has 1 saturated heterocycles. The van der Waals surface area contributed by atoms with E-state index >= 15 is 0 Å². The first kappa shape index (κ1) is 23.4. The summed E-state index contributed by atoms with van der Waals surface area (Å²) in [6.45, 7) is 2.51. The molecule has 1 spiro atoms. The predicted molar refractivity (Wildman–Crippen MR) is 131 cm³/mol. The normalized spacial score (nSPS) is 20.5. The van der Waals surface area contributed by atoms with E-state index in [-0.39, 0.29) is 16.4 Å². The standard InChI is InChI=1S/C25H27Cl2FN4O2/c1-15(22-19(26)4-5-20(28)23(22)27)34-21-10-16(12-30-24(21)29)17-13-31-32(14-17)18-6-9-33-25(11-18)7-2-3-8-25/h4-5,10,12-15,18H,2-3,6-9,11H2,1H3,(H2,29,30)/t15-,18?/m1/s1. The molecule has 2 fully saturated rings. The largest absolute Gasteiger partial charge is 0.482 e. The molecule has 0 amide bonds. The van der Waals surface area contributed by atoms with Crippen molar-refractivity contribution >= 4 is 29.0 Å². The van der Waals surface area contributed by atoms with Crippen LogP contribution >= 0.6 is 23.2 Å². The number of hydrogen-bond donors (Lipinski definition) is 1. The lowest BCUT2D eigenvalue weighted by Gasteiger charge is -2.38. The zero-order valence-electron chi connectivity index (χ0n) is 18.9. The Morgan fingerprint density at radius 2 is 2.03 bits per heavy atom. The number of benzene rings is 1. The average molecular weight is 505 g/mol. The molecule has 2 aliphatic rings. The number of ether oxygens (including phenoxy) is 2. The first-order chi connectivity index (χ1) is 16.3. The number of hydrogen-bond acceptors (Lipinski definition) is 5. The second-order valence-corrected chi connectivity index (χ2v) is 10.0. The van der Waals surface area contributed by atoms with Crippen molar-refractivity contribution in [2.45, 2.75) is 63.2 Å². The highest BCUT2D eigenvalue weighted by Gasteiger charge is 2.40. The van der Waals surface area contributed by atoms with Gasteiger partial charge in [0.2, 0.25) is 0 Å². The van der Waals surface area contributed by atoms with Crippen LogP contribution in [-0.2, 0) is 4.74 Å². The van der Waals surface area contributed by atoms with Gasteiger partial charge in [0, 0.05) is 40.7 Å². The second kappa shape index (κ2) is 9.36. The van der Waals surface area contributed by atoms with Crippen molar-refractivity contribution in [1.82, 2.24) is 14.8 Å². The Balaban J connectivity index is 1.36. The average Bonchev–Trinajstić information content (AvgIpc) is 3.48. The van der Waals surface area contributed by atoms with Gasteiger partial charge in [-0.25, -0.2) is 9.37 Å². The van der Waals surface area contributed by atoms with Gasteiger partial charge < -0.3 is 15.2 Å². The van der Waals surface area contributed by atoms with E-state index in [9.17, 15) is 4.39 Å². The van der Waals surface area contributed by atoms with Crippen molar-refractivity contribution in [3.05, 3.63) is 58.2 Å². The molecule has 1 saturated carbocycles. The monoisotopic (exact) mass is 504 g/mol. The minimum atomic E-state index is -0.636. The van der Waals surface area contributed by atoms with Crippen molar-refractivity contribution in [2.75, 3.05) is 12.3 Å². The van der Waals surface area contributed by atoms with Crippen LogP contribution in [0.4, 0.5) is 10.2 Å². The topological polar surface area (TPSA) is 75.2 Å². The number of aromatic nitrogens is 3. The first-order valence-corrected chi connectivity index (χ1v) is 12.3. The molecule has 3 heterocycles. The van der Waals surface area contributed by atoms with Crippen LogP contribution in [0.2, 0.25) is 10.0 Å². The molecular weight excluding hydrogens is 478 g/mol. The quantitative estimate of drug-likeness (QED) is 0.387. The lowest BCUT2D eigenvalue weighted by Crippen LogP contribution is -2.38. The Labute approximate surface area is 208 Å². The van der Waals surface area contributed by atoms with Crippen molar-refractivity contribution in [3.63, 3.8) is 0 Å². The number of nitrogens with two attached hydrogens (primary N) is 1. The van der Waals surface area contributed by atoms with Crippen molar-refractivity contribution in [2.24, 2.45) is 0 Å². The van der Waals surface area contributed by atoms with Crippen LogP contribution in [0.1, 0.15) is 63.2 Å². The van der Waals surface area contributed by atoms with Gasteiger partial charge in [0.15, 0.2) is 11.6 Å². The van der Waals surface area contributed by atoms with E-state index in [0.29, 0.717) is 22.4 Å². The molecular formula is C25H27Cl2FN4O2. The molecule has 5 rings (SSSR count). The molecule has 9 heteroatoms. The fraction of sp³-hybridized carbons (Fsp3) is 0.440. The van der Waals surface area contributed by atoms with Gasteiger partial charge in [-0.1, -0.05) is 36.0 Å². The molecule has 1 aliphatic carbocycles. The van der Waals surface area contributed by atoms with E-state index in [1.54, 1.807) is 13.1 Å². The van der Waals surface area contributed by atoms with Crippen LogP contribution in [0, 0.1) is 5.82 Å². The van der Waals surface area contributed by atoms with Crippen LogP contribution in [0.5, 0.6) is 5.75 Å². The van der Waals surface area contributed by atoms with Crippen LogP contribution in [-0.4, -0.2) is 27.0 Å².